The number of rotatable bonds is 2. The van der Waals surface area contributed by atoms with Crippen molar-refractivity contribution in [1.29, 1.82) is 0 Å². The first-order valence-electron chi connectivity index (χ1n) is 6.78. The highest BCUT2D eigenvalue weighted by atomic mass is 79.9. The van der Waals surface area contributed by atoms with E-state index in [0.29, 0.717) is 16.1 Å². The number of nitrogens with two attached hydrogens (primary N) is 1. The first-order chi connectivity index (χ1) is 10.6. The monoisotopic (exact) mass is 355 g/mol. The van der Waals surface area contributed by atoms with Crippen LogP contribution in [0.5, 0.6) is 0 Å². The van der Waals surface area contributed by atoms with Crippen LogP contribution in [0.4, 0.5) is 11.5 Å². The SMILES string of the molecule is CC(=O)Nc1nc(Br)c2ccccc2c1-c1ccc(N)cc1. The Bertz CT molecular complexity index is 860. The van der Waals surface area contributed by atoms with Gasteiger partial charge in [-0.15, -0.1) is 0 Å². The van der Waals surface area contributed by atoms with Crippen molar-refractivity contribution >= 4 is 44.1 Å². The van der Waals surface area contributed by atoms with Crippen LogP contribution in [0.25, 0.3) is 21.9 Å². The Labute approximate surface area is 136 Å². The van der Waals surface area contributed by atoms with Gasteiger partial charge in [0.2, 0.25) is 5.91 Å². The van der Waals surface area contributed by atoms with Crippen molar-refractivity contribution in [3.05, 3.63) is 53.1 Å². The van der Waals surface area contributed by atoms with Gasteiger partial charge >= 0.3 is 0 Å². The molecule has 22 heavy (non-hydrogen) atoms. The summed E-state index contributed by atoms with van der Waals surface area (Å²) >= 11 is 3.47. The van der Waals surface area contributed by atoms with E-state index in [-0.39, 0.29) is 5.91 Å². The van der Waals surface area contributed by atoms with Crippen LogP contribution in [0.1, 0.15) is 6.92 Å². The van der Waals surface area contributed by atoms with E-state index in [2.05, 4.69) is 26.2 Å². The second-order valence-corrected chi connectivity index (χ2v) is 5.73. The Morgan fingerprint density at radius 1 is 1.09 bits per heavy atom. The maximum Gasteiger partial charge on any atom is 0.222 e. The number of carbonyl (C=O) groups excluding carboxylic acids is 1. The lowest BCUT2D eigenvalue weighted by Gasteiger charge is -2.14. The van der Waals surface area contributed by atoms with E-state index < -0.39 is 0 Å². The molecule has 3 rings (SSSR count). The molecule has 3 N–H and O–H groups in total. The van der Waals surface area contributed by atoms with E-state index >= 15 is 0 Å². The van der Waals surface area contributed by atoms with Crippen molar-refractivity contribution in [2.45, 2.75) is 6.92 Å². The molecule has 0 fully saturated rings. The Morgan fingerprint density at radius 2 is 1.73 bits per heavy atom. The number of anilines is 2. The molecule has 0 saturated carbocycles. The maximum atomic E-state index is 11.5. The molecule has 1 aromatic heterocycles. The molecule has 0 aliphatic carbocycles. The lowest BCUT2D eigenvalue weighted by molar-refractivity contribution is -0.114. The van der Waals surface area contributed by atoms with Crippen molar-refractivity contribution in [3.63, 3.8) is 0 Å². The fourth-order valence-electron chi connectivity index (χ4n) is 2.42. The fourth-order valence-corrected chi connectivity index (χ4v) is 2.95. The van der Waals surface area contributed by atoms with Crippen molar-refractivity contribution < 1.29 is 4.79 Å². The first kappa shape index (κ1) is 14.5. The van der Waals surface area contributed by atoms with Crippen molar-refractivity contribution in [1.82, 2.24) is 4.98 Å². The van der Waals surface area contributed by atoms with E-state index in [4.69, 9.17) is 5.73 Å². The molecule has 3 aromatic rings. The molecule has 0 bridgehead atoms. The van der Waals surface area contributed by atoms with Gasteiger partial charge in [-0.05, 0) is 39.0 Å². The smallest absolute Gasteiger partial charge is 0.222 e. The minimum absolute atomic E-state index is 0.161. The number of carbonyl (C=O) groups is 1. The van der Waals surface area contributed by atoms with Gasteiger partial charge in [0.1, 0.15) is 10.4 Å². The maximum absolute atomic E-state index is 11.5. The molecule has 0 aliphatic rings. The third-order valence-electron chi connectivity index (χ3n) is 3.36. The van der Waals surface area contributed by atoms with Crippen molar-refractivity contribution in [3.8, 4) is 11.1 Å². The molecule has 0 saturated heterocycles. The summed E-state index contributed by atoms with van der Waals surface area (Å²) in [5, 5.41) is 4.81. The van der Waals surface area contributed by atoms with E-state index in [1.165, 1.54) is 6.92 Å². The van der Waals surface area contributed by atoms with Crippen LogP contribution in [-0.2, 0) is 4.79 Å². The summed E-state index contributed by atoms with van der Waals surface area (Å²) in [4.78, 5) is 16.0. The van der Waals surface area contributed by atoms with E-state index in [1.807, 2.05) is 48.5 Å². The first-order valence-corrected chi connectivity index (χ1v) is 7.57. The van der Waals surface area contributed by atoms with Crippen LogP contribution >= 0.6 is 15.9 Å². The van der Waals surface area contributed by atoms with Gasteiger partial charge in [0.05, 0.1) is 0 Å². The van der Waals surface area contributed by atoms with Crippen LogP contribution in [0.3, 0.4) is 0 Å². The van der Waals surface area contributed by atoms with E-state index in [1.54, 1.807) is 0 Å². The summed E-state index contributed by atoms with van der Waals surface area (Å²) in [5.41, 5.74) is 8.30. The standard InChI is InChI=1S/C17H14BrN3O/c1-10(22)20-17-15(11-6-8-12(19)9-7-11)13-4-2-3-5-14(13)16(18)21-17/h2-9H,19H2,1H3,(H,20,21,22). The van der Waals surface area contributed by atoms with Crippen LogP contribution in [0.2, 0.25) is 0 Å². The van der Waals surface area contributed by atoms with Crippen LogP contribution < -0.4 is 11.1 Å². The molecule has 5 heteroatoms. The number of hydrogen-bond donors (Lipinski definition) is 2. The van der Waals surface area contributed by atoms with Gasteiger partial charge in [0.25, 0.3) is 0 Å². The zero-order chi connectivity index (χ0) is 15.7. The number of nitrogens with one attached hydrogen (secondary N) is 1. The number of halogens is 1. The molecule has 0 unspecified atom stereocenters. The normalized spacial score (nSPS) is 10.6. The molecule has 2 aromatic carbocycles. The Balaban J connectivity index is 2.35. The zero-order valence-electron chi connectivity index (χ0n) is 11.9. The number of aromatic nitrogens is 1. The fraction of sp³-hybridized carbons (Fsp3) is 0.0588. The predicted octanol–water partition coefficient (Wildman–Crippen LogP) is 4.20. The Kier molecular flexibility index (Phi) is 3.81. The summed E-state index contributed by atoms with van der Waals surface area (Å²) < 4.78 is 0.700. The summed E-state index contributed by atoms with van der Waals surface area (Å²) in [5.74, 6) is 0.370. The third-order valence-corrected chi connectivity index (χ3v) is 3.96. The second-order valence-electron chi connectivity index (χ2n) is 4.97. The largest absolute Gasteiger partial charge is 0.399 e. The summed E-state index contributed by atoms with van der Waals surface area (Å²) in [7, 11) is 0. The highest BCUT2D eigenvalue weighted by molar-refractivity contribution is 9.10. The van der Waals surface area contributed by atoms with Gasteiger partial charge in [-0.3, -0.25) is 4.79 Å². The minimum Gasteiger partial charge on any atom is -0.399 e. The molecule has 4 nitrogen and oxygen atoms in total. The van der Waals surface area contributed by atoms with Crippen LogP contribution in [0, 0.1) is 0 Å². The van der Waals surface area contributed by atoms with Gasteiger partial charge in [-0.1, -0.05) is 36.4 Å². The van der Waals surface area contributed by atoms with Gasteiger partial charge in [0.15, 0.2) is 0 Å². The van der Waals surface area contributed by atoms with Gasteiger partial charge in [-0.25, -0.2) is 4.98 Å². The number of fused-ring (bicyclic) bond motifs is 1. The van der Waals surface area contributed by atoms with Gasteiger partial charge in [0, 0.05) is 23.6 Å². The van der Waals surface area contributed by atoms with Crippen LogP contribution in [0.15, 0.2) is 53.1 Å². The summed E-state index contributed by atoms with van der Waals surface area (Å²) in [6.45, 7) is 1.47. The zero-order valence-corrected chi connectivity index (χ0v) is 13.5. The molecular weight excluding hydrogens is 342 g/mol. The molecule has 0 aliphatic heterocycles. The lowest BCUT2D eigenvalue weighted by Crippen LogP contribution is -2.09. The molecule has 0 atom stereocenters. The minimum atomic E-state index is -0.161. The molecule has 0 spiro atoms. The van der Waals surface area contributed by atoms with Crippen molar-refractivity contribution in [2.75, 3.05) is 11.1 Å². The van der Waals surface area contributed by atoms with E-state index in [9.17, 15) is 4.79 Å². The number of nitrogen functional groups attached to an aromatic ring is 1. The average Bonchev–Trinajstić information content (AvgIpc) is 2.48. The molecular formula is C17H14BrN3O. The lowest BCUT2D eigenvalue weighted by atomic mass is 9.99. The molecule has 1 heterocycles. The van der Waals surface area contributed by atoms with Gasteiger partial charge < -0.3 is 11.1 Å². The number of benzene rings is 2. The topological polar surface area (TPSA) is 68.0 Å². The second kappa shape index (κ2) is 5.77. The predicted molar refractivity (Wildman–Crippen MR) is 93.6 cm³/mol. The van der Waals surface area contributed by atoms with Gasteiger partial charge in [-0.2, -0.15) is 0 Å². The Hall–Kier alpha value is -2.40. The highest BCUT2D eigenvalue weighted by Crippen LogP contribution is 2.37. The number of pyridine rings is 1. The third kappa shape index (κ3) is 2.67. The summed E-state index contributed by atoms with van der Waals surface area (Å²) in [6.07, 6.45) is 0. The molecule has 110 valence electrons. The number of hydrogen-bond acceptors (Lipinski definition) is 3. The number of amides is 1. The summed E-state index contributed by atoms with van der Waals surface area (Å²) in [6, 6.07) is 15.5. The average molecular weight is 356 g/mol. The van der Waals surface area contributed by atoms with Crippen LogP contribution in [-0.4, -0.2) is 10.9 Å². The Morgan fingerprint density at radius 3 is 2.36 bits per heavy atom. The number of nitrogens with zero attached hydrogens (tertiary/aromatic N) is 1. The highest BCUT2D eigenvalue weighted by Gasteiger charge is 2.15. The quantitative estimate of drug-likeness (QED) is 0.534. The van der Waals surface area contributed by atoms with E-state index in [0.717, 1.165) is 21.9 Å². The molecule has 0 radical (unpaired) electrons. The van der Waals surface area contributed by atoms with Crippen molar-refractivity contribution in [2.24, 2.45) is 0 Å². The molecule has 1 amide bonds.